The van der Waals surface area contributed by atoms with E-state index in [0.717, 1.165) is 40.7 Å². The minimum Gasteiger partial charge on any atom is -0.454 e. The summed E-state index contributed by atoms with van der Waals surface area (Å²) < 4.78 is 33.9. The van der Waals surface area contributed by atoms with Crippen LogP contribution in [-0.4, -0.2) is 37.9 Å². The van der Waals surface area contributed by atoms with Gasteiger partial charge in [0.05, 0.1) is 4.90 Å². The molecule has 30 heavy (non-hydrogen) atoms. The monoisotopic (exact) mass is 427 g/mol. The third kappa shape index (κ3) is 3.26. The number of carbonyl (C=O) groups excluding carboxylic acids is 1. The number of fused-ring (bicyclic) bond motifs is 2. The first-order valence-electron chi connectivity index (χ1n) is 10.5. The first-order valence-corrected chi connectivity index (χ1v) is 11.9. The maximum atomic E-state index is 13.3. The Balaban J connectivity index is 1.83. The average molecular weight is 428 g/mol. The molecule has 0 aromatic heterocycles. The third-order valence-electron chi connectivity index (χ3n) is 6.30. The molecule has 0 amide bonds. The number of benzene rings is 1. The van der Waals surface area contributed by atoms with Crippen LogP contribution in [0, 0.1) is 12.3 Å². The summed E-state index contributed by atoms with van der Waals surface area (Å²) in [5.41, 5.74) is 5.36. The van der Waals surface area contributed by atoms with Crippen molar-refractivity contribution in [3.05, 3.63) is 63.8 Å². The Morgan fingerprint density at radius 2 is 1.80 bits per heavy atom. The van der Waals surface area contributed by atoms with Gasteiger partial charge in [0.2, 0.25) is 10.0 Å². The highest BCUT2D eigenvalue weighted by Crippen LogP contribution is 2.50. The summed E-state index contributed by atoms with van der Waals surface area (Å²) in [6, 6.07) is 6.98. The minimum atomic E-state index is -3.61. The number of nitrogens with zero attached hydrogens (tertiary/aromatic N) is 1. The number of sulfonamides is 1. The summed E-state index contributed by atoms with van der Waals surface area (Å²) >= 11 is 0. The number of rotatable bonds is 4. The van der Waals surface area contributed by atoms with E-state index in [1.54, 1.807) is 16.4 Å². The topological polar surface area (TPSA) is 63.7 Å². The molecule has 2 heterocycles. The van der Waals surface area contributed by atoms with E-state index in [-0.39, 0.29) is 17.5 Å². The highest BCUT2D eigenvalue weighted by Gasteiger charge is 2.46. The van der Waals surface area contributed by atoms with Crippen LogP contribution in [0.15, 0.2) is 63.1 Å². The molecule has 1 unspecified atom stereocenters. The number of aryl methyl sites for hydroxylation is 1. The van der Waals surface area contributed by atoms with Crippen LogP contribution in [0.25, 0.3) is 0 Å². The Morgan fingerprint density at radius 3 is 2.43 bits per heavy atom. The van der Waals surface area contributed by atoms with Crippen molar-refractivity contribution in [3.8, 4) is 0 Å². The van der Waals surface area contributed by atoms with Gasteiger partial charge in [-0.25, -0.2) is 13.2 Å². The van der Waals surface area contributed by atoms with Crippen molar-refractivity contribution < 1.29 is 17.9 Å². The molecule has 2 aliphatic heterocycles. The number of carbonyl (C=O) groups is 1. The molecule has 1 aromatic rings. The van der Waals surface area contributed by atoms with Gasteiger partial charge in [0.1, 0.15) is 6.10 Å². The molecule has 0 radical (unpaired) electrons. The molecule has 0 spiro atoms. The highest BCUT2D eigenvalue weighted by atomic mass is 32.2. The van der Waals surface area contributed by atoms with Crippen LogP contribution in [0.2, 0.25) is 0 Å². The predicted molar refractivity (Wildman–Crippen MR) is 116 cm³/mol. The Bertz CT molecular complexity index is 1100. The van der Waals surface area contributed by atoms with Gasteiger partial charge in [-0.1, -0.05) is 51.0 Å². The highest BCUT2D eigenvalue weighted by molar-refractivity contribution is 7.89. The lowest BCUT2D eigenvalue weighted by Crippen LogP contribution is -2.36. The van der Waals surface area contributed by atoms with Gasteiger partial charge < -0.3 is 4.74 Å². The summed E-state index contributed by atoms with van der Waals surface area (Å²) in [5.74, 6) is -0.264. The Labute approximate surface area is 179 Å². The fraction of sp³-hybridized carbons (Fsp3) is 0.458. The third-order valence-corrected chi connectivity index (χ3v) is 8.11. The number of cyclic esters (lactones) is 1. The predicted octanol–water partition coefficient (Wildman–Crippen LogP) is 4.30. The number of hydrogen-bond donors (Lipinski definition) is 0. The van der Waals surface area contributed by atoms with Gasteiger partial charge in [0.15, 0.2) is 0 Å². The number of esters is 1. The van der Waals surface area contributed by atoms with Gasteiger partial charge in [-0.15, -0.1) is 0 Å². The van der Waals surface area contributed by atoms with Gasteiger partial charge in [-0.05, 0) is 49.1 Å². The van der Waals surface area contributed by atoms with Crippen LogP contribution in [0.4, 0.5) is 0 Å². The number of hydrogen-bond acceptors (Lipinski definition) is 4. The van der Waals surface area contributed by atoms with Gasteiger partial charge in [0.25, 0.3) is 0 Å². The van der Waals surface area contributed by atoms with Crippen molar-refractivity contribution in [2.24, 2.45) is 5.41 Å². The van der Waals surface area contributed by atoms with Crippen molar-refractivity contribution in [2.75, 3.05) is 13.1 Å². The lowest BCUT2D eigenvalue weighted by molar-refractivity contribution is -0.144. The van der Waals surface area contributed by atoms with Gasteiger partial charge >= 0.3 is 5.97 Å². The van der Waals surface area contributed by atoms with Crippen LogP contribution in [0.3, 0.4) is 0 Å². The molecule has 160 valence electrons. The SMILES string of the molecule is CCCC1OC(=O)C(C)=C2C1=C1CN(S(=O)(=O)c3ccc(C)cc3)CC1=CC2(C)C. The maximum Gasteiger partial charge on any atom is 0.334 e. The number of ether oxygens (including phenoxy) is 1. The summed E-state index contributed by atoms with van der Waals surface area (Å²) in [5, 5.41) is 0. The molecule has 1 aromatic carbocycles. The molecule has 1 saturated heterocycles. The second kappa shape index (κ2) is 7.20. The molecular formula is C24H29NO4S. The molecule has 6 heteroatoms. The molecular weight excluding hydrogens is 398 g/mol. The van der Waals surface area contributed by atoms with E-state index in [0.29, 0.717) is 23.6 Å². The fourth-order valence-electron chi connectivity index (χ4n) is 4.93. The lowest BCUT2D eigenvalue weighted by atomic mass is 9.68. The van der Waals surface area contributed by atoms with Crippen LogP contribution in [0.5, 0.6) is 0 Å². The van der Waals surface area contributed by atoms with E-state index in [1.807, 2.05) is 26.0 Å². The van der Waals surface area contributed by atoms with E-state index in [9.17, 15) is 13.2 Å². The molecule has 1 atom stereocenters. The van der Waals surface area contributed by atoms with E-state index in [4.69, 9.17) is 4.74 Å². The lowest BCUT2D eigenvalue weighted by Gasteiger charge is -2.40. The average Bonchev–Trinajstić information content (AvgIpc) is 3.09. The molecule has 0 N–H and O–H groups in total. The summed E-state index contributed by atoms with van der Waals surface area (Å²) in [6.07, 6.45) is 3.43. The minimum absolute atomic E-state index is 0.264. The van der Waals surface area contributed by atoms with Crippen molar-refractivity contribution in [3.63, 3.8) is 0 Å². The first kappa shape index (κ1) is 21.1. The van der Waals surface area contributed by atoms with Crippen LogP contribution in [-0.2, 0) is 19.6 Å². The van der Waals surface area contributed by atoms with Crippen molar-refractivity contribution in [2.45, 2.75) is 58.5 Å². The first-order chi connectivity index (χ1) is 14.1. The van der Waals surface area contributed by atoms with Crippen molar-refractivity contribution in [1.29, 1.82) is 0 Å². The van der Waals surface area contributed by atoms with Crippen LogP contribution in [0.1, 0.15) is 46.1 Å². The summed E-state index contributed by atoms with van der Waals surface area (Å²) in [6.45, 7) is 10.7. The zero-order valence-electron chi connectivity index (χ0n) is 18.3. The zero-order chi connectivity index (χ0) is 21.8. The van der Waals surface area contributed by atoms with Crippen molar-refractivity contribution >= 4 is 16.0 Å². The smallest absolute Gasteiger partial charge is 0.334 e. The summed E-state index contributed by atoms with van der Waals surface area (Å²) in [7, 11) is -3.61. The standard InChI is InChI=1S/C24H29NO4S/c1-6-7-20-21-19-14-25(30(27,28)18-10-8-15(2)9-11-18)13-17(19)12-24(4,5)22(21)16(3)23(26)29-20/h8-12,20H,6-7,13-14H2,1-5H3. The zero-order valence-corrected chi connectivity index (χ0v) is 19.1. The molecule has 5 nitrogen and oxygen atoms in total. The molecule has 0 saturated carbocycles. The molecule has 4 rings (SSSR count). The second-order valence-electron chi connectivity index (χ2n) is 9.05. The number of allylic oxidation sites excluding steroid dienone is 1. The Morgan fingerprint density at radius 1 is 1.13 bits per heavy atom. The van der Waals surface area contributed by atoms with E-state index >= 15 is 0 Å². The quantitative estimate of drug-likeness (QED) is 0.672. The summed E-state index contributed by atoms with van der Waals surface area (Å²) in [4.78, 5) is 12.8. The molecule has 0 bridgehead atoms. The maximum absolute atomic E-state index is 13.3. The Hall–Kier alpha value is -2.18. The van der Waals surface area contributed by atoms with Gasteiger partial charge in [-0.2, -0.15) is 4.31 Å². The van der Waals surface area contributed by atoms with Gasteiger partial charge in [-0.3, -0.25) is 0 Å². The van der Waals surface area contributed by atoms with Gasteiger partial charge in [0, 0.05) is 29.7 Å². The Kier molecular flexibility index (Phi) is 5.06. The van der Waals surface area contributed by atoms with Crippen molar-refractivity contribution in [1.82, 2.24) is 4.31 Å². The molecule has 1 aliphatic carbocycles. The largest absolute Gasteiger partial charge is 0.454 e. The van der Waals surface area contributed by atoms with Crippen LogP contribution < -0.4 is 0 Å². The second-order valence-corrected chi connectivity index (χ2v) is 11.0. The van der Waals surface area contributed by atoms with E-state index < -0.39 is 10.0 Å². The normalized spacial score (nSPS) is 23.8. The van der Waals surface area contributed by atoms with E-state index in [1.165, 1.54) is 0 Å². The van der Waals surface area contributed by atoms with E-state index in [2.05, 4.69) is 26.8 Å². The molecule has 1 fully saturated rings. The molecule has 3 aliphatic rings. The van der Waals surface area contributed by atoms with Crippen LogP contribution >= 0.6 is 0 Å². The fourth-order valence-corrected chi connectivity index (χ4v) is 6.32.